The highest BCUT2D eigenvalue weighted by Crippen LogP contribution is 2.46. The van der Waals surface area contributed by atoms with Gasteiger partial charge in [0.25, 0.3) is 5.91 Å². The van der Waals surface area contributed by atoms with Crippen LogP contribution in [0, 0.1) is 17.8 Å². The second kappa shape index (κ2) is 7.87. The van der Waals surface area contributed by atoms with Gasteiger partial charge in [-0.25, -0.2) is 4.90 Å². The minimum atomic E-state index is -1.00. The topological polar surface area (TPSA) is 90.9 Å². The zero-order chi connectivity index (χ0) is 24.3. The number of amides is 4. The van der Waals surface area contributed by atoms with Gasteiger partial charge in [-0.3, -0.25) is 29.1 Å². The molecule has 4 heterocycles. The maximum absolute atomic E-state index is 13.9. The lowest BCUT2D eigenvalue weighted by atomic mass is 9.76. The molecule has 2 saturated heterocycles. The normalized spacial score (nSPS) is 25.8. The summed E-state index contributed by atoms with van der Waals surface area (Å²) >= 11 is 0. The number of carbonyl (C=O) groups excluding carboxylic acids is 4. The molecule has 35 heavy (non-hydrogen) atoms. The van der Waals surface area contributed by atoms with Crippen molar-refractivity contribution >= 4 is 40.7 Å². The van der Waals surface area contributed by atoms with E-state index in [4.69, 9.17) is 0 Å². The predicted octanol–water partition coefficient (Wildman–Crippen LogP) is 2.44. The van der Waals surface area contributed by atoms with Crippen molar-refractivity contribution in [2.24, 2.45) is 17.8 Å². The van der Waals surface area contributed by atoms with E-state index in [1.165, 1.54) is 4.90 Å². The van der Waals surface area contributed by atoms with Crippen molar-refractivity contribution in [3.05, 3.63) is 84.7 Å². The number of carbonyl (C=O) groups is 4. The number of benzene rings is 2. The van der Waals surface area contributed by atoms with Crippen LogP contribution in [0.1, 0.15) is 5.69 Å². The van der Waals surface area contributed by atoms with E-state index < -0.39 is 41.5 Å². The average molecular weight is 466 g/mol. The Hall–Kier alpha value is -4.33. The number of fused-ring (bicyclic) bond motifs is 4. The van der Waals surface area contributed by atoms with Crippen LogP contribution in [0.15, 0.2) is 79.0 Å². The molecule has 174 valence electrons. The van der Waals surface area contributed by atoms with E-state index in [-0.39, 0.29) is 12.3 Å². The van der Waals surface area contributed by atoms with Crippen LogP contribution >= 0.6 is 0 Å². The summed E-state index contributed by atoms with van der Waals surface area (Å²) in [5.74, 6) is -4.48. The second-order valence-electron chi connectivity index (χ2n) is 9.08. The van der Waals surface area contributed by atoms with Gasteiger partial charge in [0.1, 0.15) is 6.04 Å². The molecular formula is C27H22N4O4. The molecule has 0 N–H and O–H groups in total. The highest BCUT2D eigenvalue weighted by Gasteiger charge is 2.63. The monoisotopic (exact) mass is 466 g/mol. The van der Waals surface area contributed by atoms with Gasteiger partial charge in [0, 0.05) is 19.7 Å². The van der Waals surface area contributed by atoms with Crippen molar-refractivity contribution in [2.75, 3.05) is 21.7 Å². The summed E-state index contributed by atoms with van der Waals surface area (Å²) in [7, 11) is 1.74. The van der Waals surface area contributed by atoms with E-state index in [0.29, 0.717) is 22.8 Å². The summed E-state index contributed by atoms with van der Waals surface area (Å²) in [4.78, 5) is 63.8. The molecule has 0 radical (unpaired) electrons. The Labute approximate surface area is 201 Å². The second-order valence-corrected chi connectivity index (χ2v) is 9.08. The minimum absolute atomic E-state index is 0.203. The van der Waals surface area contributed by atoms with Crippen LogP contribution in [0.25, 0.3) is 0 Å². The smallest absolute Gasteiger partial charge is 0.257 e. The van der Waals surface area contributed by atoms with E-state index in [1.54, 1.807) is 84.9 Å². The van der Waals surface area contributed by atoms with Crippen LogP contribution in [-0.4, -0.2) is 41.7 Å². The largest absolute Gasteiger partial charge is 0.360 e. The molecule has 1 aromatic heterocycles. The maximum Gasteiger partial charge on any atom is 0.257 e. The number of hydrogen-bond donors (Lipinski definition) is 0. The van der Waals surface area contributed by atoms with Gasteiger partial charge >= 0.3 is 0 Å². The first-order valence-electron chi connectivity index (χ1n) is 11.5. The lowest BCUT2D eigenvalue weighted by molar-refractivity contribution is -0.130. The predicted molar refractivity (Wildman–Crippen MR) is 128 cm³/mol. The van der Waals surface area contributed by atoms with Gasteiger partial charge in [0.05, 0.1) is 40.5 Å². The summed E-state index contributed by atoms with van der Waals surface area (Å²) in [5.41, 5.74) is 2.20. The third-order valence-electron chi connectivity index (χ3n) is 7.29. The fourth-order valence-corrected chi connectivity index (χ4v) is 5.73. The Bertz CT molecular complexity index is 1360. The van der Waals surface area contributed by atoms with Crippen molar-refractivity contribution in [2.45, 2.75) is 12.5 Å². The summed E-state index contributed by atoms with van der Waals surface area (Å²) < 4.78 is 0. The number of nitrogens with zero attached hydrogens (tertiary/aromatic N) is 4. The van der Waals surface area contributed by atoms with Crippen LogP contribution in [0.4, 0.5) is 17.1 Å². The van der Waals surface area contributed by atoms with Crippen LogP contribution in [0.2, 0.25) is 0 Å². The van der Waals surface area contributed by atoms with Crippen LogP contribution in [-0.2, 0) is 25.6 Å². The van der Waals surface area contributed by atoms with Crippen molar-refractivity contribution in [3.8, 4) is 0 Å². The number of anilines is 3. The number of imide groups is 2. The number of aromatic nitrogens is 1. The molecule has 8 nitrogen and oxygen atoms in total. The Morgan fingerprint density at radius 3 is 1.89 bits per heavy atom. The maximum atomic E-state index is 13.9. The number of hydrogen-bond acceptors (Lipinski definition) is 6. The van der Waals surface area contributed by atoms with Gasteiger partial charge in [-0.2, -0.15) is 0 Å². The molecule has 0 aliphatic carbocycles. The molecule has 8 heteroatoms. The molecule has 0 bridgehead atoms. The standard InChI is InChI=1S/C27H22N4O4/c1-29-20-13-8-14-28-19(20)15-18-21(25(33)30(24(18)32)16-9-4-2-5-10-16)22-23(29)27(35)31(26(22)34)17-11-6-3-7-12-17/h2-14,18,21-23H,15H2,1H3/t18-,21+,22+,23-/m1/s1. The van der Waals surface area contributed by atoms with E-state index in [2.05, 4.69) is 4.98 Å². The first-order valence-corrected chi connectivity index (χ1v) is 11.5. The van der Waals surface area contributed by atoms with Crippen LogP contribution in [0.5, 0.6) is 0 Å². The van der Waals surface area contributed by atoms with Crippen LogP contribution in [0.3, 0.4) is 0 Å². The average Bonchev–Trinajstić information content (AvgIpc) is 3.26. The van der Waals surface area contributed by atoms with E-state index in [1.807, 2.05) is 6.07 Å². The summed E-state index contributed by atoms with van der Waals surface area (Å²) in [6.07, 6.45) is 1.84. The Morgan fingerprint density at radius 2 is 1.26 bits per heavy atom. The molecule has 4 atom stereocenters. The van der Waals surface area contributed by atoms with Gasteiger partial charge in [0.15, 0.2) is 0 Å². The first kappa shape index (κ1) is 21.2. The lowest BCUT2D eigenvalue weighted by Gasteiger charge is -2.35. The molecule has 3 aromatic rings. The Kier molecular flexibility index (Phi) is 4.77. The Balaban J connectivity index is 1.54. The molecule has 2 fully saturated rings. The van der Waals surface area contributed by atoms with Gasteiger partial charge in [-0.05, 0) is 36.4 Å². The van der Waals surface area contributed by atoms with E-state index >= 15 is 0 Å². The molecule has 6 rings (SSSR count). The zero-order valence-corrected chi connectivity index (χ0v) is 18.9. The highest BCUT2D eigenvalue weighted by molar-refractivity contribution is 6.28. The van der Waals surface area contributed by atoms with Crippen molar-refractivity contribution in [1.29, 1.82) is 0 Å². The third-order valence-corrected chi connectivity index (χ3v) is 7.29. The van der Waals surface area contributed by atoms with Crippen molar-refractivity contribution in [1.82, 2.24) is 4.98 Å². The number of pyridine rings is 1. The summed E-state index contributed by atoms with van der Waals surface area (Å²) in [6.45, 7) is 0. The van der Waals surface area contributed by atoms with E-state index in [9.17, 15) is 19.2 Å². The fraction of sp³-hybridized carbons (Fsp3) is 0.222. The number of likely N-dealkylation sites (N-methyl/N-ethyl adjacent to an activating group) is 1. The fourth-order valence-electron chi connectivity index (χ4n) is 5.73. The van der Waals surface area contributed by atoms with Crippen molar-refractivity contribution < 1.29 is 19.2 Å². The van der Waals surface area contributed by atoms with Gasteiger partial charge < -0.3 is 4.90 Å². The molecule has 3 aliphatic heterocycles. The molecular weight excluding hydrogens is 444 g/mol. The lowest BCUT2D eigenvalue weighted by Crippen LogP contribution is -2.48. The molecule has 3 aliphatic rings. The summed E-state index contributed by atoms with van der Waals surface area (Å²) in [5, 5.41) is 0. The molecule has 2 aromatic carbocycles. The third kappa shape index (κ3) is 3.02. The molecule has 0 unspecified atom stereocenters. The number of para-hydroxylation sites is 2. The molecule has 0 spiro atoms. The Morgan fingerprint density at radius 1 is 0.686 bits per heavy atom. The van der Waals surface area contributed by atoms with Gasteiger partial charge in [-0.1, -0.05) is 36.4 Å². The van der Waals surface area contributed by atoms with Gasteiger partial charge in [0.2, 0.25) is 17.7 Å². The van der Waals surface area contributed by atoms with Crippen molar-refractivity contribution in [3.63, 3.8) is 0 Å². The highest BCUT2D eigenvalue weighted by atomic mass is 16.2. The zero-order valence-electron chi connectivity index (χ0n) is 18.9. The quantitative estimate of drug-likeness (QED) is 0.539. The minimum Gasteiger partial charge on any atom is -0.360 e. The molecule has 0 saturated carbocycles. The first-order chi connectivity index (χ1) is 17.0. The van der Waals surface area contributed by atoms with Crippen LogP contribution < -0.4 is 14.7 Å². The molecule has 4 amide bonds. The SMILES string of the molecule is CN1c2cccnc2C[C@H]2C(=O)N(c3ccccc3)C(=O)[C@@H]2[C@@H]2C(=O)N(c3ccccc3)C(=O)[C@@H]21. The number of rotatable bonds is 2. The summed E-state index contributed by atoms with van der Waals surface area (Å²) in [6, 6.07) is 20.1. The van der Waals surface area contributed by atoms with Gasteiger partial charge in [-0.15, -0.1) is 0 Å². The van der Waals surface area contributed by atoms with E-state index in [0.717, 1.165) is 4.90 Å².